The molecule has 4 fully saturated rings. The summed E-state index contributed by atoms with van der Waals surface area (Å²) in [6, 6.07) is -0.338. The van der Waals surface area contributed by atoms with Crippen molar-refractivity contribution >= 4 is 11.8 Å². The van der Waals surface area contributed by atoms with Crippen molar-refractivity contribution in [1.82, 2.24) is 4.90 Å². The number of rotatable bonds is 5. The third-order valence-corrected chi connectivity index (χ3v) is 12.1. The van der Waals surface area contributed by atoms with Gasteiger partial charge in [0.15, 0.2) is 6.29 Å². The molecule has 9 unspecified atom stereocenters. The van der Waals surface area contributed by atoms with Crippen LogP contribution in [0.4, 0.5) is 0 Å². The number of aliphatic hydroxyl groups is 5. The number of carbonyl (C=O) groups is 2. The number of Topliss-reactive ketones (excluding diaryl/α,β-unsaturated/α-hetero) is 1. The lowest BCUT2D eigenvalue weighted by molar-refractivity contribution is -0.474. The summed E-state index contributed by atoms with van der Waals surface area (Å²) in [7, 11) is 5.14. The lowest BCUT2D eigenvalue weighted by atomic mass is 9.73. The van der Waals surface area contributed by atoms with Crippen molar-refractivity contribution in [3.8, 4) is 0 Å². The van der Waals surface area contributed by atoms with Crippen LogP contribution in [-0.2, 0) is 42.7 Å². The van der Waals surface area contributed by atoms with Crippen LogP contribution in [0, 0.1) is 23.7 Å². The highest BCUT2D eigenvalue weighted by Crippen LogP contribution is 2.47. The van der Waals surface area contributed by atoms with E-state index in [0.29, 0.717) is 6.42 Å². The molecule has 15 heteroatoms. The van der Waals surface area contributed by atoms with E-state index < -0.39 is 107 Å². The van der Waals surface area contributed by atoms with Crippen LogP contribution in [0.3, 0.4) is 0 Å². The number of esters is 1. The highest BCUT2D eigenvalue weighted by Gasteiger charge is 2.61. The summed E-state index contributed by atoms with van der Waals surface area (Å²) in [6.07, 6.45) is -9.39. The second kappa shape index (κ2) is 16.0. The van der Waals surface area contributed by atoms with Gasteiger partial charge in [0, 0.05) is 30.9 Å². The van der Waals surface area contributed by atoms with Gasteiger partial charge in [-0.25, -0.2) is 0 Å². The molecule has 0 amide bonds. The lowest BCUT2D eigenvalue weighted by Gasteiger charge is -2.55. The van der Waals surface area contributed by atoms with Crippen molar-refractivity contribution < 1.29 is 68.3 Å². The molecule has 0 aromatic rings. The molecular weight excluding hydrogens is 682 g/mol. The van der Waals surface area contributed by atoms with E-state index in [-0.39, 0.29) is 38.0 Å². The van der Waals surface area contributed by atoms with E-state index in [1.165, 1.54) is 27.9 Å². The number of aliphatic hydroxyl groups excluding tert-OH is 3. The fraction of sp³-hybridized carbons (Fsp3) is 0.946. The summed E-state index contributed by atoms with van der Waals surface area (Å²) in [5, 5.41) is 57.9. The first-order valence-corrected chi connectivity index (χ1v) is 18.7. The smallest absolute Gasteiger partial charge is 0.314 e. The molecule has 4 heterocycles. The summed E-state index contributed by atoms with van der Waals surface area (Å²) in [4.78, 5) is 30.0. The molecule has 15 nitrogen and oxygen atoms in total. The topological polar surface area (TPSA) is 203 Å². The number of cyclic esters (lactones) is 1. The molecule has 0 saturated carbocycles. The van der Waals surface area contributed by atoms with E-state index in [4.69, 9.17) is 33.2 Å². The maximum Gasteiger partial charge on any atom is 0.314 e. The molecule has 0 aromatic carbocycles. The molecule has 18 atom stereocenters. The quantitative estimate of drug-likeness (QED) is 0.250. The first kappa shape index (κ1) is 43.4. The molecular formula is C37H65NO14. The Morgan fingerprint density at radius 3 is 2.17 bits per heavy atom. The largest absolute Gasteiger partial charge is 0.459 e. The fourth-order valence-electron chi connectivity index (χ4n) is 8.87. The van der Waals surface area contributed by atoms with Gasteiger partial charge < -0.3 is 63.6 Å². The Labute approximate surface area is 308 Å². The van der Waals surface area contributed by atoms with Crippen molar-refractivity contribution in [2.75, 3.05) is 27.8 Å². The minimum Gasteiger partial charge on any atom is -0.459 e. The van der Waals surface area contributed by atoms with E-state index in [2.05, 4.69) is 0 Å². The van der Waals surface area contributed by atoms with E-state index >= 15 is 0 Å². The van der Waals surface area contributed by atoms with Gasteiger partial charge in [-0.05, 0) is 68.0 Å². The van der Waals surface area contributed by atoms with Gasteiger partial charge in [-0.2, -0.15) is 0 Å². The molecule has 52 heavy (non-hydrogen) atoms. The number of nitrogens with zero attached hydrogens (tertiary/aromatic N) is 1. The molecule has 4 aliphatic heterocycles. The molecule has 0 aromatic heterocycles. The van der Waals surface area contributed by atoms with E-state index in [1.54, 1.807) is 34.6 Å². The lowest BCUT2D eigenvalue weighted by Crippen LogP contribution is -2.67. The average molecular weight is 748 g/mol. The Kier molecular flexibility index (Phi) is 13.4. The van der Waals surface area contributed by atoms with Crippen LogP contribution in [0.1, 0.15) is 88.0 Å². The van der Waals surface area contributed by atoms with Crippen molar-refractivity contribution in [2.45, 2.75) is 172 Å². The minimum atomic E-state index is -2.03. The summed E-state index contributed by atoms with van der Waals surface area (Å²) in [6.45, 7) is 14.3. The van der Waals surface area contributed by atoms with Gasteiger partial charge in [-0.1, -0.05) is 27.7 Å². The standard InChI is InChI=1S/C37H65NO14/c1-13-25-36(9,45)29(41)20(4)26(39)18(2)15-34(7,44)31(50-33-27(40)24(38(10)11)14-19(3)48-33)21(5)28-23(32(43)49-25)16-47-37(52-28)17-35(8,46-12)30(42)22(6)51-37/h18-25,27-31,33,40-42,44-45H,13-17H2,1-12H3/t18-,19?,20+,21+,22?,23?,24?,25-,27?,28?,29-,30?,31-,33?,34-,35?,36-,37+/m0/s1. The molecule has 5 N–H and O–H groups in total. The zero-order valence-electron chi connectivity index (χ0n) is 33.0. The van der Waals surface area contributed by atoms with E-state index in [1.807, 2.05) is 25.9 Å². The zero-order valence-corrected chi connectivity index (χ0v) is 33.0. The molecule has 302 valence electrons. The number of ketones is 1. The van der Waals surface area contributed by atoms with Crippen LogP contribution in [0.25, 0.3) is 0 Å². The fourth-order valence-corrected chi connectivity index (χ4v) is 8.87. The Morgan fingerprint density at radius 1 is 0.962 bits per heavy atom. The average Bonchev–Trinajstić information content (AvgIpc) is 3.07. The SMILES string of the molecule is CC[C@@H]1OC(=O)C2CO[C@@]3(CC(C)(OC)C(O)C(C)O3)OC2[C@@H](C)[C@H](OC2OC(C)CC(N(C)C)C2O)[C@@](C)(O)C[C@H](C)C(=O)[C@@H](C)[C@H](O)[C@@]1(C)O. The van der Waals surface area contributed by atoms with Crippen molar-refractivity contribution in [3.63, 3.8) is 0 Å². The van der Waals surface area contributed by atoms with Crippen LogP contribution in [-0.4, -0.2) is 154 Å². The molecule has 4 aliphatic rings. The maximum atomic E-state index is 14.2. The van der Waals surface area contributed by atoms with Gasteiger partial charge in [0.1, 0.15) is 41.2 Å². The summed E-state index contributed by atoms with van der Waals surface area (Å²) in [5.41, 5.74) is -5.03. The number of methoxy groups -OCH3 is 1. The number of carbonyl (C=O) groups excluding carboxylic acids is 2. The van der Waals surface area contributed by atoms with Crippen LogP contribution in [0.5, 0.6) is 0 Å². The molecule has 4 saturated heterocycles. The van der Waals surface area contributed by atoms with Gasteiger partial charge in [0.25, 0.3) is 5.97 Å². The number of hydrogen-bond acceptors (Lipinski definition) is 15. The first-order chi connectivity index (χ1) is 23.9. The summed E-state index contributed by atoms with van der Waals surface area (Å²) < 4.78 is 43.5. The van der Waals surface area contributed by atoms with Crippen LogP contribution in [0.2, 0.25) is 0 Å². The normalized spacial score (nSPS) is 51.5. The molecule has 0 radical (unpaired) electrons. The number of hydrogen-bond donors (Lipinski definition) is 5. The highest BCUT2D eigenvalue weighted by atomic mass is 16.9. The molecule has 4 rings (SSSR count). The highest BCUT2D eigenvalue weighted by molar-refractivity contribution is 5.83. The van der Waals surface area contributed by atoms with E-state index in [9.17, 15) is 35.1 Å². The molecule has 1 spiro atoms. The van der Waals surface area contributed by atoms with Gasteiger partial charge >= 0.3 is 5.97 Å². The third-order valence-electron chi connectivity index (χ3n) is 12.1. The second-order valence-corrected chi connectivity index (χ2v) is 16.8. The van der Waals surface area contributed by atoms with E-state index in [0.717, 1.165) is 0 Å². The Bertz CT molecular complexity index is 1250. The van der Waals surface area contributed by atoms with Crippen LogP contribution >= 0.6 is 0 Å². The first-order valence-electron chi connectivity index (χ1n) is 18.7. The van der Waals surface area contributed by atoms with Gasteiger partial charge in [0.2, 0.25) is 0 Å². The number of fused-ring (bicyclic) bond motifs is 1. The Morgan fingerprint density at radius 2 is 1.60 bits per heavy atom. The van der Waals surface area contributed by atoms with Gasteiger partial charge in [-0.15, -0.1) is 0 Å². The minimum absolute atomic E-state index is 0.0939. The van der Waals surface area contributed by atoms with Crippen molar-refractivity contribution in [2.24, 2.45) is 23.7 Å². The predicted octanol–water partition coefficient (Wildman–Crippen LogP) is 1.12. The van der Waals surface area contributed by atoms with Crippen LogP contribution < -0.4 is 0 Å². The van der Waals surface area contributed by atoms with Crippen LogP contribution in [0.15, 0.2) is 0 Å². The second-order valence-electron chi connectivity index (χ2n) is 16.8. The number of likely N-dealkylation sites (N-methyl/N-ethyl adjacent to an activating group) is 1. The van der Waals surface area contributed by atoms with Crippen molar-refractivity contribution in [3.05, 3.63) is 0 Å². The number of ether oxygens (including phenoxy) is 7. The Balaban J connectivity index is 1.86. The van der Waals surface area contributed by atoms with Gasteiger partial charge in [0.05, 0.1) is 49.1 Å². The Hall–Kier alpha value is -1.34. The van der Waals surface area contributed by atoms with Crippen molar-refractivity contribution in [1.29, 1.82) is 0 Å². The maximum absolute atomic E-state index is 14.2. The zero-order chi connectivity index (χ0) is 39.3. The summed E-state index contributed by atoms with van der Waals surface area (Å²) in [5.74, 6) is -7.05. The molecule has 0 aliphatic carbocycles. The summed E-state index contributed by atoms with van der Waals surface area (Å²) >= 11 is 0. The monoisotopic (exact) mass is 747 g/mol. The molecule has 0 bridgehead atoms. The van der Waals surface area contributed by atoms with Gasteiger partial charge in [-0.3, -0.25) is 9.59 Å². The third kappa shape index (κ3) is 8.41. The predicted molar refractivity (Wildman–Crippen MR) is 185 cm³/mol.